The minimum atomic E-state index is -0.515. The molecule has 0 spiro atoms. The third-order valence-electron chi connectivity index (χ3n) is 6.19. The maximum Gasteiger partial charge on any atom is 0.240 e. The number of benzene rings is 2. The Hall–Kier alpha value is -3.20. The zero-order chi connectivity index (χ0) is 24.0. The maximum atomic E-state index is 12.6. The van der Waals surface area contributed by atoms with Gasteiger partial charge < -0.3 is 10.6 Å². The minimum Gasteiger partial charge on any atom is -0.325 e. The first-order valence-corrected chi connectivity index (χ1v) is 12.3. The van der Waals surface area contributed by atoms with Crippen LogP contribution in [0.3, 0.4) is 0 Å². The molecule has 3 rings (SSSR count). The Morgan fingerprint density at radius 3 is 2.18 bits per heavy atom. The summed E-state index contributed by atoms with van der Waals surface area (Å²) in [7, 11) is 0. The van der Waals surface area contributed by atoms with E-state index in [0.717, 1.165) is 45.3 Å². The second-order valence-corrected chi connectivity index (χ2v) is 8.81. The predicted octanol–water partition coefficient (Wildman–Crippen LogP) is 4.73. The van der Waals surface area contributed by atoms with E-state index in [1.54, 1.807) is 4.90 Å². The molecule has 1 saturated heterocycles. The van der Waals surface area contributed by atoms with Crippen molar-refractivity contribution in [2.45, 2.75) is 44.2 Å². The molecule has 0 unspecified atom stereocenters. The van der Waals surface area contributed by atoms with Gasteiger partial charge in [0.1, 0.15) is 6.04 Å². The monoisotopic (exact) mass is 456 g/mol. The molecule has 1 aliphatic heterocycles. The van der Waals surface area contributed by atoms with Crippen LogP contribution in [-0.4, -0.2) is 54.0 Å². The van der Waals surface area contributed by atoms with Gasteiger partial charge in [-0.05, 0) is 43.4 Å². The topological polar surface area (TPSA) is 73.4 Å². The molecule has 1 heterocycles. The van der Waals surface area contributed by atoms with Crippen molar-refractivity contribution in [3.63, 3.8) is 0 Å². The molecule has 0 radical (unpaired) electrons. The average Bonchev–Trinajstić information content (AvgIpc) is 3.36. The molecule has 5 nitrogen and oxygen atoms in total. The molecular formula is C29H36N4O. The van der Waals surface area contributed by atoms with Crippen LogP contribution in [0, 0.1) is 11.3 Å². The van der Waals surface area contributed by atoms with Gasteiger partial charge in [-0.2, -0.15) is 5.26 Å². The number of carbonyl (C=O) groups excluding carboxylic acids is 1. The van der Waals surface area contributed by atoms with Crippen LogP contribution in [0.1, 0.15) is 43.2 Å². The highest BCUT2D eigenvalue weighted by Gasteiger charge is 2.31. The highest BCUT2D eigenvalue weighted by atomic mass is 16.2. The Morgan fingerprint density at radius 1 is 1.03 bits per heavy atom. The number of hydrogen-bond donors (Lipinski definition) is 1. The molecule has 178 valence electrons. The van der Waals surface area contributed by atoms with Gasteiger partial charge in [-0.15, -0.1) is 0 Å². The molecule has 0 saturated carbocycles. The Kier molecular flexibility index (Phi) is 10.6. The van der Waals surface area contributed by atoms with E-state index in [1.807, 2.05) is 36.4 Å². The zero-order valence-corrected chi connectivity index (χ0v) is 19.9. The van der Waals surface area contributed by atoms with Gasteiger partial charge in [0, 0.05) is 19.6 Å². The lowest BCUT2D eigenvalue weighted by molar-refractivity contribution is -0.132. The van der Waals surface area contributed by atoms with Crippen LogP contribution in [0.25, 0.3) is 12.2 Å². The van der Waals surface area contributed by atoms with Gasteiger partial charge in [0.25, 0.3) is 0 Å². The summed E-state index contributed by atoms with van der Waals surface area (Å²) < 4.78 is 0. The number of unbranched alkanes of at least 4 members (excludes halogenated alkanes) is 1. The van der Waals surface area contributed by atoms with Crippen molar-refractivity contribution in [3.05, 3.63) is 83.9 Å². The number of amides is 1. The van der Waals surface area contributed by atoms with E-state index in [0.29, 0.717) is 13.0 Å². The summed E-state index contributed by atoms with van der Waals surface area (Å²) in [5.41, 5.74) is 8.58. The first-order chi connectivity index (χ1) is 16.7. The van der Waals surface area contributed by atoms with Gasteiger partial charge >= 0.3 is 0 Å². The maximum absolute atomic E-state index is 12.6. The largest absolute Gasteiger partial charge is 0.325 e. The molecule has 2 aromatic carbocycles. The number of hydrogen-bond acceptors (Lipinski definition) is 4. The first-order valence-electron chi connectivity index (χ1n) is 12.3. The molecule has 0 aliphatic carbocycles. The number of carbonyl (C=O) groups is 1. The van der Waals surface area contributed by atoms with Gasteiger partial charge in [-0.1, -0.05) is 91.4 Å². The fourth-order valence-corrected chi connectivity index (χ4v) is 4.26. The van der Waals surface area contributed by atoms with Gasteiger partial charge in [0.15, 0.2) is 0 Å². The number of nitrogens with zero attached hydrogens (tertiary/aromatic N) is 3. The Labute approximate surface area is 204 Å². The van der Waals surface area contributed by atoms with E-state index < -0.39 is 6.04 Å². The molecule has 1 fully saturated rings. The zero-order valence-electron chi connectivity index (χ0n) is 19.9. The quantitative estimate of drug-likeness (QED) is 0.469. The van der Waals surface area contributed by atoms with Crippen LogP contribution in [-0.2, 0) is 4.79 Å². The SMILES string of the molecule is N#C[C@@H]1CCCN1C(=O)[C@@H](N)CCCCN(CC=Cc1ccccc1)CC=Cc1ccccc1. The summed E-state index contributed by atoms with van der Waals surface area (Å²) in [5, 5.41) is 9.23. The van der Waals surface area contributed by atoms with Gasteiger partial charge in [0.05, 0.1) is 12.1 Å². The van der Waals surface area contributed by atoms with Crippen molar-refractivity contribution in [1.29, 1.82) is 5.26 Å². The van der Waals surface area contributed by atoms with E-state index in [9.17, 15) is 10.1 Å². The number of nitrogens with two attached hydrogens (primary N) is 1. The van der Waals surface area contributed by atoms with Crippen LogP contribution in [0.2, 0.25) is 0 Å². The van der Waals surface area contributed by atoms with Crippen molar-refractivity contribution in [2.75, 3.05) is 26.2 Å². The number of likely N-dealkylation sites (tertiary alicyclic amines) is 1. The lowest BCUT2D eigenvalue weighted by atomic mass is 10.1. The predicted molar refractivity (Wildman–Crippen MR) is 140 cm³/mol. The van der Waals surface area contributed by atoms with Gasteiger partial charge in [-0.25, -0.2) is 0 Å². The Balaban J connectivity index is 1.47. The first kappa shape index (κ1) is 25.4. The molecule has 2 atom stereocenters. The molecular weight excluding hydrogens is 420 g/mol. The van der Waals surface area contributed by atoms with E-state index in [4.69, 9.17) is 5.73 Å². The molecule has 0 aromatic heterocycles. The van der Waals surface area contributed by atoms with Gasteiger partial charge in [0.2, 0.25) is 5.91 Å². The molecule has 34 heavy (non-hydrogen) atoms. The third-order valence-corrected chi connectivity index (χ3v) is 6.19. The summed E-state index contributed by atoms with van der Waals surface area (Å²) in [4.78, 5) is 16.7. The fraction of sp³-hybridized carbons (Fsp3) is 0.379. The number of rotatable bonds is 12. The van der Waals surface area contributed by atoms with E-state index in [-0.39, 0.29) is 11.9 Å². The Morgan fingerprint density at radius 2 is 1.62 bits per heavy atom. The normalized spacial score (nSPS) is 17.0. The second-order valence-electron chi connectivity index (χ2n) is 8.81. The van der Waals surface area contributed by atoms with E-state index in [1.165, 1.54) is 11.1 Å². The van der Waals surface area contributed by atoms with Gasteiger partial charge in [-0.3, -0.25) is 9.69 Å². The summed E-state index contributed by atoms with van der Waals surface area (Å²) in [5.74, 6) is -0.0718. The van der Waals surface area contributed by atoms with Crippen molar-refractivity contribution >= 4 is 18.1 Å². The highest BCUT2D eigenvalue weighted by Crippen LogP contribution is 2.18. The lowest BCUT2D eigenvalue weighted by Gasteiger charge is -2.24. The molecule has 2 aromatic rings. The van der Waals surface area contributed by atoms with E-state index in [2.05, 4.69) is 59.5 Å². The van der Waals surface area contributed by atoms with Crippen LogP contribution in [0.15, 0.2) is 72.8 Å². The molecule has 0 bridgehead atoms. The fourth-order valence-electron chi connectivity index (χ4n) is 4.26. The third kappa shape index (κ3) is 8.30. The summed E-state index contributed by atoms with van der Waals surface area (Å²) in [6.45, 7) is 3.30. The molecule has 1 amide bonds. The van der Waals surface area contributed by atoms with Crippen LogP contribution >= 0.6 is 0 Å². The standard InChI is InChI=1S/C29H36N4O/c30-24-27-18-11-23-33(27)29(34)28(31)19-7-8-20-32(21-9-16-25-12-3-1-4-13-25)22-10-17-26-14-5-2-6-15-26/h1-6,9-10,12-17,27-28H,7-8,11,18-23,31H2/t27-,28-/m0/s1. The Bertz CT molecular complexity index is 913. The van der Waals surface area contributed by atoms with Crippen molar-refractivity contribution < 1.29 is 4.79 Å². The van der Waals surface area contributed by atoms with Crippen molar-refractivity contribution in [3.8, 4) is 6.07 Å². The lowest BCUT2D eigenvalue weighted by Crippen LogP contribution is -2.45. The number of nitriles is 1. The van der Waals surface area contributed by atoms with Crippen LogP contribution < -0.4 is 5.73 Å². The summed E-state index contributed by atoms with van der Waals surface area (Å²) >= 11 is 0. The van der Waals surface area contributed by atoms with E-state index >= 15 is 0 Å². The molecule has 5 heteroatoms. The minimum absolute atomic E-state index is 0.0718. The average molecular weight is 457 g/mol. The summed E-state index contributed by atoms with van der Waals surface area (Å²) in [6, 6.07) is 22.1. The van der Waals surface area contributed by atoms with Crippen molar-refractivity contribution in [1.82, 2.24) is 9.80 Å². The molecule has 1 aliphatic rings. The smallest absolute Gasteiger partial charge is 0.240 e. The molecule has 2 N–H and O–H groups in total. The summed E-state index contributed by atoms with van der Waals surface area (Å²) in [6.07, 6.45) is 12.9. The van der Waals surface area contributed by atoms with Crippen LogP contribution in [0.4, 0.5) is 0 Å². The van der Waals surface area contributed by atoms with Crippen LogP contribution in [0.5, 0.6) is 0 Å². The highest BCUT2D eigenvalue weighted by molar-refractivity contribution is 5.82. The second kappa shape index (κ2) is 14.1. The van der Waals surface area contributed by atoms with Crippen molar-refractivity contribution in [2.24, 2.45) is 5.73 Å².